The van der Waals surface area contributed by atoms with E-state index < -0.39 is 15.5 Å². The summed E-state index contributed by atoms with van der Waals surface area (Å²) < 4.78 is 37.1. The van der Waals surface area contributed by atoms with Crippen molar-refractivity contribution in [3.05, 3.63) is 0 Å². The number of fused-ring (bicyclic) bond motifs is 2. The molecule has 0 aromatic rings. The van der Waals surface area contributed by atoms with Crippen LogP contribution in [0.25, 0.3) is 0 Å². The standard InChI is InChI=1S/C10H18FNO2S/c1-10(11)2-7-5-15(13,14)6-8(3-10)9(7)4-12/h7-9H,2-6,12H2,1H3. The van der Waals surface area contributed by atoms with Crippen molar-refractivity contribution in [1.82, 2.24) is 0 Å². The van der Waals surface area contributed by atoms with Crippen molar-refractivity contribution >= 4 is 9.84 Å². The van der Waals surface area contributed by atoms with Crippen LogP contribution in [0.15, 0.2) is 0 Å². The average molecular weight is 235 g/mol. The van der Waals surface area contributed by atoms with Gasteiger partial charge in [0, 0.05) is 0 Å². The average Bonchev–Trinajstić information content (AvgIpc) is 1.97. The third kappa shape index (κ3) is 2.18. The Morgan fingerprint density at radius 2 is 1.80 bits per heavy atom. The lowest BCUT2D eigenvalue weighted by atomic mass is 9.68. The minimum atomic E-state index is -2.96. The molecular formula is C10H18FNO2S. The van der Waals surface area contributed by atoms with Gasteiger partial charge >= 0.3 is 0 Å². The Hall–Kier alpha value is -0.160. The zero-order chi connectivity index (χ0) is 11.3. The van der Waals surface area contributed by atoms with E-state index in [0.717, 1.165) is 0 Å². The normalized spacial score (nSPS) is 48.9. The molecule has 0 aromatic heterocycles. The third-order valence-electron chi connectivity index (χ3n) is 3.79. The molecule has 1 aliphatic carbocycles. The number of alkyl halides is 1. The first-order chi connectivity index (χ1) is 6.83. The van der Waals surface area contributed by atoms with E-state index in [1.54, 1.807) is 6.92 Å². The Morgan fingerprint density at radius 3 is 2.20 bits per heavy atom. The minimum absolute atomic E-state index is 0.0671. The molecule has 5 heteroatoms. The molecule has 2 aliphatic rings. The van der Waals surface area contributed by atoms with E-state index in [1.165, 1.54) is 0 Å². The lowest BCUT2D eigenvalue weighted by Crippen LogP contribution is -2.51. The molecule has 0 spiro atoms. The summed E-state index contributed by atoms with van der Waals surface area (Å²) in [6.45, 7) is 2.07. The van der Waals surface area contributed by atoms with Gasteiger partial charge in [0.25, 0.3) is 0 Å². The number of nitrogens with two attached hydrogens (primary N) is 1. The molecule has 0 amide bonds. The van der Waals surface area contributed by atoms with Gasteiger partial charge in [-0.2, -0.15) is 0 Å². The van der Waals surface area contributed by atoms with Gasteiger partial charge in [0.05, 0.1) is 11.5 Å². The van der Waals surface area contributed by atoms with Crippen LogP contribution in [0.3, 0.4) is 0 Å². The van der Waals surface area contributed by atoms with Crippen molar-refractivity contribution < 1.29 is 12.8 Å². The summed E-state index contributed by atoms with van der Waals surface area (Å²) in [7, 11) is -2.96. The smallest absolute Gasteiger partial charge is 0.150 e. The fourth-order valence-electron chi connectivity index (χ4n) is 3.33. The molecule has 0 radical (unpaired) electrons. The van der Waals surface area contributed by atoms with Crippen LogP contribution in [-0.4, -0.2) is 32.1 Å². The summed E-state index contributed by atoms with van der Waals surface area (Å²) in [4.78, 5) is 0. The summed E-state index contributed by atoms with van der Waals surface area (Å²) in [5.74, 6) is 0.331. The maximum Gasteiger partial charge on any atom is 0.150 e. The van der Waals surface area contributed by atoms with E-state index in [-0.39, 0.29) is 29.3 Å². The van der Waals surface area contributed by atoms with Crippen molar-refractivity contribution in [1.29, 1.82) is 0 Å². The van der Waals surface area contributed by atoms with Crippen LogP contribution in [0.5, 0.6) is 0 Å². The molecule has 2 fully saturated rings. The van der Waals surface area contributed by atoms with Crippen molar-refractivity contribution in [2.24, 2.45) is 23.5 Å². The Labute approximate surface area is 90.1 Å². The second kappa shape index (κ2) is 3.42. The lowest BCUT2D eigenvalue weighted by molar-refractivity contribution is 0.0272. The monoisotopic (exact) mass is 235 g/mol. The van der Waals surface area contributed by atoms with Crippen LogP contribution in [0.1, 0.15) is 19.8 Å². The molecule has 1 saturated carbocycles. The first-order valence-electron chi connectivity index (χ1n) is 5.42. The van der Waals surface area contributed by atoms with Gasteiger partial charge in [-0.1, -0.05) is 0 Å². The zero-order valence-electron chi connectivity index (χ0n) is 8.95. The molecule has 1 saturated heterocycles. The van der Waals surface area contributed by atoms with Crippen molar-refractivity contribution in [3.63, 3.8) is 0 Å². The predicted molar refractivity (Wildman–Crippen MR) is 56.9 cm³/mol. The highest BCUT2D eigenvalue weighted by Gasteiger charge is 2.49. The third-order valence-corrected chi connectivity index (χ3v) is 5.67. The van der Waals surface area contributed by atoms with Gasteiger partial charge in [-0.25, -0.2) is 12.8 Å². The number of halogens is 1. The fourth-order valence-corrected chi connectivity index (χ4v) is 5.51. The van der Waals surface area contributed by atoms with Crippen LogP contribution in [-0.2, 0) is 9.84 Å². The molecule has 15 heavy (non-hydrogen) atoms. The molecule has 0 aromatic carbocycles. The van der Waals surface area contributed by atoms with Crippen molar-refractivity contribution in [3.8, 4) is 0 Å². The SMILES string of the molecule is CC1(F)CC2CS(=O)(=O)CC(C1)C2CN. The predicted octanol–water partition coefficient (Wildman–Crippen LogP) is 0.744. The minimum Gasteiger partial charge on any atom is -0.330 e. The van der Waals surface area contributed by atoms with E-state index in [0.29, 0.717) is 19.4 Å². The molecule has 2 N–H and O–H groups in total. The topological polar surface area (TPSA) is 60.2 Å². The summed E-state index contributed by atoms with van der Waals surface area (Å²) in [5.41, 5.74) is 4.46. The van der Waals surface area contributed by atoms with E-state index in [9.17, 15) is 12.8 Å². The van der Waals surface area contributed by atoms with E-state index >= 15 is 0 Å². The van der Waals surface area contributed by atoms with E-state index in [2.05, 4.69) is 0 Å². The fraction of sp³-hybridized carbons (Fsp3) is 1.00. The molecule has 2 unspecified atom stereocenters. The largest absolute Gasteiger partial charge is 0.330 e. The van der Waals surface area contributed by atoms with Crippen LogP contribution < -0.4 is 5.73 Å². The lowest BCUT2D eigenvalue weighted by Gasteiger charge is -2.46. The van der Waals surface area contributed by atoms with Gasteiger partial charge in [0.15, 0.2) is 9.84 Å². The number of rotatable bonds is 1. The molecule has 1 heterocycles. The second-order valence-electron chi connectivity index (χ2n) is 5.32. The quantitative estimate of drug-likeness (QED) is 0.729. The summed E-state index contributed by atoms with van der Waals surface area (Å²) in [5, 5.41) is 0. The van der Waals surface area contributed by atoms with E-state index in [4.69, 9.17) is 5.73 Å². The first-order valence-corrected chi connectivity index (χ1v) is 7.24. The number of sulfone groups is 1. The summed E-state index contributed by atoms with van der Waals surface area (Å²) in [6.07, 6.45) is 0.704. The maximum atomic E-state index is 13.9. The highest BCUT2D eigenvalue weighted by atomic mass is 32.2. The van der Waals surface area contributed by atoms with Gasteiger partial charge in [-0.3, -0.25) is 0 Å². The molecule has 1 aliphatic heterocycles. The molecule has 2 bridgehead atoms. The number of hydrogen-bond acceptors (Lipinski definition) is 3. The van der Waals surface area contributed by atoms with Crippen LogP contribution in [0.2, 0.25) is 0 Å². The highest BCUT2D eigenvalue weighted by Crippen LogP contribution is 2.46. The van der Waals surface area contributed by atoms with Crippen LogP contribution >= 0.6 is 0 Å². The van der Waals surface area contributed by atoms with Gasteiger partial charge in [0.2, 0.25) is 0 Å². The highest BCUT2D eigenvalue weighted by molar-refractivity contribution is 7.91. The van der Waals surface area contributed by atoms with Crippen LogP contribution in [0, 0.1) is 17.8 Å². The first kappa shape index (κ1) is 11.3. The molecule has 2 rings (SSSR count). The zero-order valence-corrected chi connectivity index (χ0v) is 9.76. The summed E-state index contributed by atoms with van der Waals surface area (Å²) in [6, 6.07) is 0. The van der Waals surface area contributed by atoms with Gasteiger partial charge < -0.3 is 5.73 Å². The van der Waals surface area contributed by atoms with Gasteiger partial charge in [0.1, 0.15) is 5.67 Å². The maximum absolute atomic E-state index is 13.9. The van der Waals surface area contributed by atoms with Crippen molar-refractivity contribution in [2.75, 3.05) is 18.1 Å². The van der Waals surface area contributed by atoms with Crippen molar-refractivity contribution in [2.45, 2.75) is 25.4 Å². The second-order valence-corrected chi connectivity index (χ2v) is 7.47. The Kier molecular flexibility index (Phi) is 2.58. The Bertz CT molecular complexity index is 328. The van der Waals surface area contributed by atoms with Crippen LogP contribution in [0.4, 0.5) is 4.39 Å². The van der Waals surface area contributed by atoms with Gasteiger partial charge in [-0.05, 0) is 44.1 Å². The molecule has 2 atom stereocenters. The van der Waals surface area contributed by atoms with E-state index in [1.807, 2.05) is 0 Å². The molecule has 88 valence electrons. The summed E-state index contributed by atoms with van der Waals surface area (Å²) >= 11 is 0. The van der Waals surface area contributed by atoms with Gasteiger partial charge in [-0.15, -0.1) is 0 Å². The molecular weight excluding hydrogens is 217 g/mol. The number of hydrogen-bond donors (Lipinski definition) is 1. The molecule has 3 nitrogen and oxygen atoms in total. The Morgan fingerprint density at radius 1 is 1.33 bits per heavy atom. The Balaban J connectivity index is 2.27.